The van der Waals surface area contributed by atoms with Gasteiger partial charge in [0.2, 0.25) is 0 Å². The normalized spacial score (nSPS) is 24.5. The first kappa shape index (κ1) is 28.9. The monoisotopic (exact) mass is 514 g/mol. The zero-order valence-electron chi connectivity index (χ0n) is 22.8. The molecule has 3 rings (SSSR count). The fourth-order valence-corrected chi connectivity index (χ4v) is 8.07. The van der Waals surface area contributed by atoms with Gasteiger partial charge in [0.15, 0.2) is 16.1 Å². The third-order valence-corrected chi connectivity index (χ3v) is 10.0. The summed E-state index contributed by atoms with van der Waals surface area (Å²) in [6.07, 6.45) is 12.9. The second kappa shape index (κ2) is 13.2. The van der Waals surface area contributed by atoms with Crippen molar-refractivity contribution in [1.82, 2.24) is 0 Å². The summed E-state index contributed by atoms with van der Waals surface area (Å²) in [7, 11) is -3.51. The average molecular weight is 515 g/mol. The molecule has 0 amide bonds. The van der Waals surface area contributed by atoms with Crippen molar-refractivity contribution in [2.75, 3.05) is 13.2 Å². The van der Waals surface area contributed by atoms with E-state index in [9.17, 15) is 8.42 Å². The van der Waals surface area contributed by atoms with Gasteiger partial charge in [0.1, 0.15) is 0 Å². The molecule has 5 heteroatoms. The second-order valence-corrected chi connectivity index (χ2v) is 13.5. The number of rotatable bonds is 11. The van der Waals surface area contributed by atoms with Crippen LogP contribution in [0.15, 0.2) is 70.7 Å². The van der Waals surface area contributed by atoms with Crippen LogP contribution in [0.2, 0.25) is 0 Å². The molecule has 200 valence electrons. The van der Waals surface area contributed by atoms with Crippen molar-refractivity contribution in [2.24, 2.45) is 11.3 Å². The first-order valence-electron chi connectivity index (χ1n) is 13.6. The third-order valence-electron chi connectivity index (χ3n) is 7.85. The molecular formula is C31H46O4S. The third kappa shape index (κ3) is 7.90. The van der Waals surface area contributed by atoms with Crippen LogP contribution in [-0.2, 0) is 19.3 Å². The first-order valence-corrected chi connectivity index (χ1v) is 15.2. The predicted molar refractivity (Wildman–Crippen MR) is 149 cm³/mol. The Morgan fingerprint density at radius 2 is 1.89 bits per heavy atom. The maximum Gasteiger partial charge on any atom is 0.182 e. The zero-order chi connectivity index (χ0) is 26.2. The number of sulfone groups is 1. The smallest absolute Gasteiger partial charge is 0.182 e. The van der Waals surface area contributed by atoms with Crippen LogP contribution in [0.3, 0.4) is 0 Å². The molecular weight excluding hydrogens is 468 g/mol. The lowest BCUT2D eigenvalue weighted by Crippen LogP contribution is -2.42. The van der Waals surface area contributed by atoms with E-state index < -0.39 is 15.1 Å². The van der Waals surface area contributed by atoms with E-state index in [4.69, 9.17) is 9.47 Å². The SMILES string of the molecule is C=C1CCCC(C)(C)[C@@H]1C(C/C(C)=C/CC/C(C)=C/COC1CCCCO1)S(=O)(=O)c1ccccc1. The molecule has 36 heavy (non-hydrogen) atoms. The van der Waals surface area contributed by atoms with Crippen LogP contribution < -0.4 is 0 Å². The molecule has 2 aliphatic rings. The lowest BCUT2D eigenvalue weighted by molar-refractivity contribution is -0.155. The number of hydrogen-bond donors (Lipinski definition) is 0. The molecule has 0 spiro atoms. The summed E-state index contributed by atoms with van der Waals surface area (Å²) in [5, 5.41) is -0.500. The molecule has 1 aromatic carbocycles. The summed E-state index contributed by atoms with van der Waals surface area (Å²) in [6, 6.07) is 8.95. The Morgan fingerprint density at radius 3 is 2.56 bits per heavy atom. The minimum absolute atomic E-state index is 0.0550. The molecule has 1 aliphatic carbocycles. The molecule has 0 bridgehead atoms. The highest BCUT2D eigenvalue weighted by Gasteiger charge is 2.45. The Hall–Kier alpha value is -1.69. The minimum atomic E-state index is -3.51. The van der Waals surface area contributed by atoms with E-state index in [1.54, 1.807) is 12.1 Å². The number of benzene rings is 1. The fourth-order valence-electron chi connectivity index (χ4n) is 5.78. The Bertz CT molecular complexity index is 1010. The maximum atomic E-state index is 13.9. The summed E-state index contributed by atoms with van der Waals surface area (Å²) in [4.78, 5) is 0.415. The molecule has 1 aliphatic heterocycles. The van der Waals surface area contributed by atoms with Crippen LogP contribution in [0.1, 0.15) is 85.5 Å². The summed E-state index contributed by atoms with van der Waals surface area (Å²) >= 11 is 0. The highest BCUT2D eigenvalue weighted by atomic mass is 32.2. The molecule has 2 fully saturated rings. The number of ether oxygens (including phenoxy) is 2. The predicted octanol–water partition coefficient (Wildman–Crippen LogP) is 7.82. The summed E-state index contributed by atoms with van der Waals surface area (Å²) in [6.45, 7) is 14.4. The van der Waals surface area contributed by atoms with Gasteiger partial charge >= 0.3 is 0 Å². The Labute approximate surface area is 219 Å². The second-order valence-electron chi connectivity index (χ2n) is 11.3. The van der Waals surface area contributed by atoms with E-state index in [1.807, 2.05) is 18.2 Å². The molecule has 1 saturated heterocycles. The number of allylic oxidation sites excluding steroid dienone is 4. The highest BCUT2D eigenvalue weighted by molar-refractivity contribution is 7.92. The Morgan fingerprint density at radius 1 is 1.14 bits per heavy atom. The Kier molecular flexibility index (Phi) is 10.6. The van der Waals surface area contributed by atoms with Crippen molar-refractivity contribution < 1.29 is 17.9 Å². The van der Waals surface area contributed by atoms with Gasteiger partial charge in [-0.25, -0.2) is 8.42 Å². The van der Waals surface area contributed by atoms with E-state index in [0.717, 1.165) is 62.7 Å². The first-order chi connectivity index (χ1) is 17.1. The lowest BCUT2D eigenvalue weighted by Gasteiger charge is -2.44. The van der Waals surface area contributed by atoms with E-state index in [-0.39, 0.29) is 17.6 Å². The van der Waals surface area contributed by atoms with Crippen LogP contribution in [-0.4, -0.2) is 33.2 Å². The quantitative estimate of drug-likeness (QED) is 0.283. The minimum Gasteiger partial charge on any atom is -0.353 e. The van der Waals surface area contributed by atoms with Gasteiger partial charge in [-0.15, -0.1) is 0 Å². The van der Waals surface area contributed by atoms with Gasteiger partial charge in [0.05, 0.1) is 16.8 Å². The summed E-state index contributed by atoms with van der Waals surface area (Å²) in [5.41, 5.74) is 3.41. The number of hydrogen-bond acceptors (Lipinski definition) is 4. The molecule has 0 N–H and O–H groups in total. The fraction of sp³-hybridized carbons (Fsp3) is 0.613. The molecule has 2 unspecified atom stereocenters. The van der Waals surface area contributed by atoms with E-state index >= 15 is 0 Å². The average Bonchev–Trinajstić information content (AvgIpc) is 2.84. The molecule has 1 heterocycles. The van der Waals surface area contributed by atoms with E-state index in [0.29, 0.717) is 17.9 Å². The van der Waals surface area contributed by atoms with Crippen molar-refractivity contribution in [3.8, 4) is 0 Å². The van der Waals surface area contributed by atoms with Gasteiger partial charge in [-0.1, -0.05) is 67.5 Å². The topological polar surface area (TPSA) is 52.6 Å². The lowest BCUT2D eigenvalue weighted by atomic mass is 9.64. The van der Waals surface area contributed by atoms with Gasteiger partial charge in [-0.05, 0) is 89.2 Å². The van der Waals surface area contributed by atoms with Crippen LogP contribution in [0.25, 0.3) is 0 Å². The maximum absolute atomic E-state index is 13.9. The van der Waals surface area contributed by atoms with E-state index in [2.05, 4.69) is 46.4 Å². The van der Waals surface area contributed by atoms with Crippen molar-refractivity contribution in [3.05, 3.63) is 65.8 Å². The highest BCUT2D eigenvalue weighted by Crippen LogP contribution is 2.48. The van der Waals surface area contributed by atoms with Crippen molar-refractivity contribution in [3.63, 3.8) is 0 Å². The van der Waals surface area contributed by atoms with Crippen molar-refractivity contribution in [1.29, 1.82) is 0 Å². The van der Waals surface area contributed by atoms with Gasteiger partial charge in [0, 0.05) is 12.5 Å². The van der Waals surface area contributed by atoms with Gasteiger partial charge in [-0.2, -0.15) is 0 Å². The molecule has 4 nitrogen and oxygen atoms in total. The van der Waals surface area contributed by atoms with Crippen LogP contribution in [0, 0.1) is 11.3 Å². The van der Waals surface area contributed by atoms with Crippen LogP contribution in [0.5, 0.6) is 0 Å². The summed E-state index contributed by atoms with van der Waals surface area (Å²) in [5.74, 6) is -0.0550. The zero-order valence-corrected chi connectivity index (χ0v) is 23.6. The van der Waals surface area contributed by atoms with Crippen LogP contribution >= 0.6 is 0 Å². The summed E-state index contributed by atoms with van der Waals surface area (Å²) < 4.78 is 39.3. The van der Waals surface area contributed by atoms with Gasteiger partial charge in [0.25, 0.3) is 0 Å². The van der Waals surface area contributed by atoms with Crippen LogP contribution in [0.4, 0.5) is 0 Å². The largest absolute Gasteiger partial charge is 0.353 e. The Balaban J connectivity index is 1.68. The molecule has 0 radical (unpaired) electrons. The van der Waals surface area contributed by atoms with Gasteiger partial charge in [-0.3, -0.25) is 0 Å². The standard InChI is InChI=1S/C31H46O4S/c1-24(19-22-35-29-18-9-10-21-34-29)13-11-14-25(2)23-28(30-26(3)15-12-20-31(30,4)5)36(32,33)27-16-7-6-8-17-27/h6-8,14,16-17,19,28-30H,3,9-13,15,18,20-23H2,1-2,4-5H3/b24-19+,25-14+/t28?,29?,30-/m0/s1. The van der Waals surface area contributed by atoms with Gasteiger partial charge < -0.3 is 9.47 Å². The van der Waals surface area contributed by atoms with Crippen molar-refractivity contribution >= 4 is 9.84 Å². The molecule has 0 aromatic heterocycles. The van der Waals surface area contributed by atoms with Crippen molar-refractivity contribution in [2.45, 2.75) is 102 Å². The van der Waals surface area contributed by atoms with E-state index in [1.165, 1.54) is 12.0 Å². The molecule has 1 aromatic rings. The molecule has 3 atom stereocenters. The molecule has 1 saturated carbocycles.